The summed E-state index contributed by atoms with van der Waals surface area (Å²) in [5.74, 6) is -6.22. The van der Waals surface area contributed by atoms with Crippen molar-refractivity contribution in [3.8, 4) is 0 Å². The lowest BCUT2D eigenvalue weighted by atomic mass is 10.1. The quantitative estimate of drug-likeness (QED) is 0.0386. The predicted molar refractivity (Wildman–Crippen MR) is 224 cm³/mol. The summed E-state index contributed by atoms with van der Waals surface area (Å²) in [7, 11) is 3.73. The van der Waals surface area contributed by atoms with Crippen molar-refractivity contribution in [2.24, 2.45) is 0 Å². The van der Waals surface area contributed by atoms with Crippen LogP contribution in [0, 0.1) is 0 Å². The number of urea groups is 1. The predicted octanol–water partition coefficient (Wildman–Crippen LogP) is 1.19. The zero-order chi connectivity index (χ0) is 45.8. The van der Waals surface area contributed by atoms with Gasteiger partial charge in [-0.15, -0.1) is 0 Å². The van der Waals surface area contributed by atoms with Gasteiger partial charge < -0.3 is 63.0 Å². The van der Waals surface area contributed by atoms with Gasteiger partial charge in [-0.25, -0.2) is 19.2 Å². The Morgan fingerprint density at radius 2 is 0.754 bits per heavy atom. The molecule has 0 aliphatic rings. The number of unbranched alkanes of at least 4 members (excludes halogenated alkanes) is 8. The van der Waals surface area contributed by atoms with E-state index in [1.807, 2.05) is 14.1 Å². The summed E-state index contributed by atoms with van der Waals surface area (Å²) in [6.45, 7) is 2.26. The van der Waals surface area contributed by atoms with Crippen LogP contribution in [0.25, 0.3) is 0 Å². The van der Waals surface area contributed by atoms with Crippen LogP contribution < -0.4 is 42.5 Å². The number of carbonyl (C=O) groups excluding carboxylic acids is 5. The molecule has 0 saturated heterocycles. The summed E-state index contributed by atoms with van der Waals surface area (Å²) in [6.07, 6.45) is 8.84. The van der Waals surface area contributed by atoms with Gasteiger partial charge in [0.25, 0.3) is 0 Å². The maximum atomic E-state index is 12.9. The van der Waals surface area contributed by atoms with E-state index in [1.54, 1.807) is 0 Å². The second-order valence-corrected chi connectivity index (χ2v) is 15.0. The van der Waals surface area contributed by atoms with E-state index in [2.05, 4.69) is 42.5 Å². The maximum absolute atomic E-state index is 12.9. The SMILES string of the molecule is CNCCCCCC(=O)NC(CCCCNC)C(=O)NCCCCC(NC(=O)CCCCCCC(=O)NCCCC[C@H](NC(=O)N[C@@H](CCC(=O)O)C(=O)O)C(=O)O)C(=O)O. The van der Waals surface area contributed by atoms with Crippen molar-refractivity contribution in [1.29, 1.82) is 0 Å². The lowest BCUT2D eigenvalue weighted by molar-refractivity contribution is -0.142. The molecule has 0 saturated carbocycles. The highest BCUT2D eigenvalue weighted by Crippen LogP contribution is 2.09. The summed E-state index contributed by atoms with van der Waals surface area (Å²) in [4.78, 5) is 108. The van der Waals surface area contributed by atoms with E-state index in [-0.39, 0.29) is 56.4 Å². The van der Waals surface area contributed by atoms with Gasteiger partial charge in [-0.05, 0) is 117 Å². The average molecular weight is 873 g/mol. The third kappa shape index (κ3) is 31.5. The molecule has 0 spiro atoms. The number of aliphatic carboxylic acids is 4. The van der Waals surface area contributed by atoms with Crippen molar-refractivity contribution in [2.75, 3.05) is 40.3 Å². The lowest BCUT2D eigenvalue weighted by Gasteiger charge is -2.19. The fraction of sp³-hybridized carbons (Fsp3) is 0.775. The van der Waals surface area contributed by atoms with E-state index in [9.17, 15) is 53.4 Å². The number of nitrogens with one attached hydrogen (secondary N) is 8. The Balaban J connectivity index is 4.35. The van der Waals surface area contributed by atoms with Crippen molar-refractivity contribution < 1.29 is 63.6 Å². The van der Waals surface area contributed by atoms with Crippen LogP contribution in [-0.4, -0.2) is 138 Å². The second-order valence-electron chi connectivity index (χ2n) is 15.0. The van der Waals surface area contributed by atoms with Crippen LogP contribution in [0.3, 0.4) is 0 Å². The summed E-state index contributed by atoms with van der Waals surface area (Å²) in [5, 5.41) is 58.3. The molecule has 0 aliphatic carbocycles. The number of hydrogen-bond donors (Lipinski definition) is 12. The molecule has 21 heteroatoms. The van der Waals surface area contributed by atoms with Crippen LogP contribution in [0.2, 0.25) is 0 Å². The van der Waals surface area contributed by atoms with E-state index < -0.39 is 66.4 Å². The summed E-state index contributed by atoms with van der Waals surface area (Å²) in [5.41, 5.74) is 0. The molecule has 2 unspecified atom stereocenters. The van der Waals surface area contributed by atoms with Gasteiger partial charge in [0.15, 0.2) is 0 Å². The molecule has 0 fully saturated rings. The van der Waals surface area contributed by atoms with Crippen LogP contribution in [-0.2, 0) is 38.4 Å². The van der Waals surface area contributed by atoms with Crippen molar-refractivity contribution in [2.45, 2.75) is 159 Å². The normalized spacial score (nSPS) is 12.8. The van der Waals surface area contributed by atoms with E-state index in [0.717, 1.165) is 45.2 Å². The van der Waals surface area contributed by atoms with Gasteiger partial charge in [0.1, 0.15) is 24.2 Å². The Morgan fingerprint density at radius 1 is 0.377 bits per heavy atom. The molecule has 12 N–H and O–H groups in total. The summed E-state index contributed by atoms with van der Waals surface area (Å²) < 4.78 is 0. The van der Waals surface area contributed by atoms with Crippen LogP contribution in [0.1, 0.15) is 135 Å². The van der Waals surface area contributed by atoms with Crippen molar-refractivity contribution >= 4 is 53.5 Å². The smallest absolute Gasteiger partial charge is 0.326 e. The summed E-state index contributed by atoms with van der Waals surface area (Å²) in [6, 6.07) is -5.61. The van der Waals surface area contributed by atoms with Gasteiger partial charge in [0.05, 0.1) is 0 Å². The van der Waals surface area contributed by atoms with Gasteiger partial charge in [-0.2, -0.15) is 0 Å². The van der Waals surface area contributed by atoms with Gasteiger partial charge in [-0.1, -0.05) is 19.3 Å². The Bertz CT molecular complexity index is 1350. The first kappa shape index (κ1) is 55.9. The molecule has 0 rings (SSSR count). The summed E-state index contributed by atoms with van der Waals surface area (Å²) >= 11 is 0. The third-order valence-corrected chi connectivity index (χ3v) is 9.66. The van der Waals surface area contributed by atoms with E-state index in [4.69, 9.17) is 10.2 Å². The molecule has 0 aliphatic heterocycles. The second kappa shape index (κ2) is 35.7. The molecule has 0 aromatic carbocycles. The fourth-order valence-electron chi connectivity index (χ4n) is 6.14. The van der Waals surface area contributed by atoms with Crippen molar-refractivity contribution in [3.63, 3.8) is 0 Å². The first-order chi connectivity index (χ1) is 29.1. The number of hydrogen-bond acceptors (Lipinski definition) is 11. The standard InChI is InChI=1S/C40H72N8O13/c1-41-24-12-5-8-21-33(50)45-28(16-9-13-25-42-2)36(54)44-27-15-11-17-29(37(55)56)46-34(51)20-7-4-3-6-19-32(49)43-26-14-10-18-30(38(57)58)47-40(61)48-31(39(59)60)22-23-35(52)53/h28-31,41-42H,3-27H2,1-2H3,(H,43,49)(H,44,54)(H,45,50)(H,46,51)(H,52,53)(H,55,56)(H,57,58)(H,59,60)(H2,47,48,61)/t28?,29?,30-,31-/m0/s1. The van der Waals surface area contributed by atoms with E-state index >= 15 is 0 Å². The van der Waals surface area contributed by atoms with E-state index in [1.165, 1.54) is 0 Å². The zero-order valence-corrected chi connectivity index (χ0v) is 36.0. The number of carbonyl (C=O) groups is 9. The average Bonchev–Trinajstić information content (AvgIpc) is 3.20. The van der Waals surface area contributed by atoms with Gasteiger partial charge in [0.2, 0.25) is 23.6 Å². The molecular weight excluding hydrogens is 800 g/mol. The first-order valence-electron chi connectivity index (χ1n) is 21.5. The lowest BCUT2D eigenvalue weighted by Crippen LogP contribution is -2.51. The number of rotatable bonds is 39. The molecule has 0 radical (unpaired) electrons. The molecule has 6 amide bonds. The molecular formula is C40H72N8O13. The Kier molecular flexibility index (Phi) is 32.7. The molecule has 61 heavy (non-hydrogen) atoms. The van der Waals surface area contributed by atoms with Crippen LogP contribution in [0.15, 0.2) is 0 Å². The Labute approximate surface area is 358 Å². The molecule has 350 valence electrons. The highest BCUT2D eigenvalue weighted by Gasteiger charge is 2.25. The Hall–Kier alpha value is -5.05. The highest BCUT2D eigenvalue weighted by molar-refractivity contribution is 5.88. The monoisotopic (exact) mass is 873 g/mol. The third-order valence-electron chi connectivity index (χ3n) is 9.66. The molecule has 4 atom stereocenters. The maximum Gasteiger partial charge on any atom is 0.326 e. The number of amides is 6. The molecule has 0 aromatic rings. The zero-order valence-electron chi connectivity index (χ0n) is 36.0. The minimum Gasteiger partial charge on any atom is -0.481 e. The van der Waals surface area contributed by atoms with Crippen molar-refractivity contribution in [1.82, 2.24) is 42.5 Å². The molecule has 0 aromatic heterocycles. The minimum atomic E-state index is -1.51. The largest absolute Gasteiger partial charge is 0.481 e. The van der Waals surface area contributed by atoms with Crippen LogP contribution >= 0.6 is 0 Å². The highest BCUT2D eigenvalue weighted by atomic mass is 16.4. The van der Waals surface area contributed by atoms with Crippen LogP contribution in [0.4, 0.5) is 4.79 Å². The number of carboxylic acids is 4. The van der Waals surface area contributed by atoms with E-state index in [0.29, 0.717) is 70.8 Å². The molecule has 21 nitrogen and oxygen atoms in total. The molecule has 0 bridgehead atoms. The fourth-order valence-corrected chi connectivity index (χ4v) is 6.14. The van der Waals surface area contributed by atoms with Crippen molar-refractivity contribution in [3.05, 3.63) is 0 Å². The first-order valence-corrected chi connectivity index (χ1v) is 21.5. The minimum absolute atomic E-state index is 0.00549. The van der Waals surface area contributed by atoms with Gasteiger partial charge in [-0.3, -0.25) is 24.0 Å². The van der Waals surface area contributed by atoms with Gasteiger partial charge in [0, 0.05) is 38.8 Å². The van der Waals surface area contributed by atoms with Crippen LogP contribution in [0.5, 0.6) is 0 Å². The van der Waals surface area contributed by atoms with Gasteiger partial charge >= 0.3 is 29.9 Å². The topological polar surface area (TPSA) is 331 Å². The molecule has 0 heterocycles. The Morgan fingerprint density at radius 3 is 1.23 bits per heavy atom. The number of carboxylic acid groups (broad SMARTS) is 4.